The minimum Gasteiger partial charge on any atom is -0.318 e. The minimum atomic E-state index is -1.00. The van der Waals surface area contributed by atoms with E-state index in [1.165, 1.54) is 4.90 Å². The Morgan fingerprint density at radius 2 is 1.76 bits per heavy atom. The van der Waals surface area contributed by atoms with Crippen molar-refractivity contribution < 1.29 is 14.4 Å². The third-order valence-corrected chi connectivity index (χ3v) is 4.52. The van der Waals surface area contributed by atoms with Crippen LogP contribution in [0.5, 0.6) is 0 Å². The number of nitrogens with zero attached hydrogens (tertiary/aromatic N) is 1. The lowest BCUT2D eigenvalue weighted by Gasteiger charge is -2.42. The molecule has 2 aliphatic rings. The Bertz CT molecular complexity index is 618. The van der Waals surface area contributed by atoms with Gasteiger partial charge in [0, 0.05) is 0 Å². The van der Waals surface area contributed by atoms with Crippen LogP contribution in [0.4, 0.5) is 0 Å². The number of benzene rings is 1. The van der Waals surface area contributed by atoms with Crippen LogP contribution in [0.1, 0.15) is 32.3 Å². The zero-order valence-electron chi connectivity index (χ0n) is 12.2. The number of piperazine rings is 1. The van der Waals surface area contributed by atoms with E-state index >= 15 is 0 Å². The smallest absolute Gasteiger partial charge is 0.252 e. The standard InChI is InChI=1S/C16H18N2O3/c1-15(2)13(20)17-12(19)10-18(15)14(21)16(8-9-16)11-6-4-3-5-7-11/h3-7H,8-10H2,1-2H3,(H,17,19,20). The predicted octanol–water partition coefficient (Wildman–Crippen LogP) is 0.982. The van der Waals surface area contributed by atoms with Gasteiger partial charge in [0.15, 0.2) is 0 Å². The first-order chi connectivity index (χ1) is 9.88. The van der Waals surface area contributed by atoms with Gasteiger partial charge in [0.05, 0.1) is 5.41 Å². The molecule has 0 unspecified atom stereocenters. The number of rotatable bonds is 2. The minimum absolute atomic E-state index is 0.0633. The number of carbonyl (C=O) groups excluding carboxylic acids is 3. The molecule has 0 radical (unpaired) electrons. The molecule has 0 aromatic heterocycles. The van der Waals surface area contributed by atoms with Crippen molar-refractivity contribution in [3.63, 3.8) is 0 Å². The highest BCUT2D eigenvalue weighted by Crippen LogP contribution is 2.50. The third kappa shape index (κ3) is 2.04. The molecule has 2 fully saturated rings. The van der Waals surface area contributed by atoms with E-state index in [-0.39, 0.29) is 12.5 Å². The molecule has 0 bridgehead atoms. The molecular weight excluding hydrogens is 268 g/mol. The monoisotopic (exact) mass is 286 g/mol. The highest BCUT2D eigenvalue weighted by atomic mass is 16.2. The molecule has 1 N–H and O–H groups in total. The molecular formula is C16H18N2O3. The number of hydrogen-bond acceptors (Lipinski definition) is 3. The van der Waals surface area contributed by atoms with Gasteiger partial charge in [0.1, 0.15) is 12.1 Å². The van der Waals surface area contributed by atoms with Gasteiger partial charge in [-0.25, -0.2) is 0 Å². The van der Waals surface area contributed by atoms with E-state index in [1.54, 1.807) is 13.8 Å². The van der Waals surface area contributed by atoms with Crippen molar-refractivity contribution in [2.45, 2.75) is 37.6 Å². The second-order valence-corrected chi connectivity index (χ2v) is 6.28. The molecule has 0 spiro atoms. The van der Waals surface area contributed by atoms with Crippen LogP contribution in [0.15, 0.2) is 30.3 Å². The van der Waals surface area contributed by atoms with E-state index in [0.717, 1.165) is 18.4 Å². The zero-order chi connectivity index (χ0) is 15.3. The molecule has 1 aromatic rings. The van der Waals surface area contributed by atoms with Crippen molar-refractivity contribution in [1.82, 2.24) is 10.2 Å². The molecule has 0 atom stereocenters. The summed E-state index contributed by atoms with van der Waals surface area (Å²) in [5.74, 6) is -0.964. The SMILES string of the molecule is CC1(C)C(=O)NC(=O)CN1C(=O)C1(c2ccccc2)CC1. The molecule has 1 aliphatic heterocycles. The van der Waals surface area contributed by atoms with E-state index in [0.29, 0.717) is 0 Å². The summed E-state index contributed by atoms with van der Waals surface area (Å²) in [6, 6.07) is 9.59. The number of hydrogen-bond donors (Lipinski definition) is 1. The van der Waals surface area contributed by atoms with Crippen LogP contribution in [0, 0.1) is 0 Å². The van der Waals surface area contributed by atoms with Crippen LogP contribution in [0.2, 0.25) is 0 Å². The Kier molecular flexibility index (Phi) is 2.90. The van der Waals surface area contributed by atoms with Crippen molar-refractivity contribution in [2.75, 3.05) is 6.54 Å². The lowest BCUT2D eigenvalue weighted by Crippen LogP contribution is -2.66. The largest absolute Gasteiger partial charge is 0.318 e. The Morgan fingerprint density at radius 3 is 2.33 bits per heavy atom. The zero-order valence-corrected chi connectivity index (χ0v) is 12.2. The Balaban J connectivity index is 1.95. The molecule has 3 amide bonds. The quantitative estimate of drug-likeness (QED) is 0.824. The van der Waals surface area contributed by atoms with Crippen molar-refractivity contribution in [3.8, 4) is 0 Å². The first-order valence-electron chi connectivity index (χ1n) is 7.10. The van der Waals surface area contributed by atoms with Gasteiger partial charge < -0.3 is 4.90 Å². The molecule has 1 aromatic carbocycles. The third-order valence-electron chi connectivity index (χ3n) is 4.52. The predicted molar refractivity (Wildman–Crippen MR) is 76.3 cm³/mol. The Labute approximate surface area is 123 Å². The molecule has 5 heteroatoms. The molecule has 5 nitrogen and oxygen atoms in total. The van der Waals surface area contributed by atoms with Crippen LogP contribution in [0.25, 0.3) is 0 Å². The highest BCUT2D eigenvalue weighted by Gasteiger charge is 2.57. The maximum Gasteiger partial charge on any atom is 0.252 e. The van der Waals surface area contributed by atoms with Gasteiger partial charge in [0.25, 0.3) is 5.91 Å². The summed E-state index contributed by atoms with van der Waals surface area (Å²) < 4.78 is 0. The van der Waals surface area contributed by atoms with Crippen molar-refractivity contribution >= 4 is 17.7 Å². The van der Waals surface area contributed by atoms with Crippen LogP contribution < -0.4 is 5.32 Å². The first-order valence-corrected chi connectivity index (χ1v) is 7.10. The van der Waals surface area contributed by atoms with Gasteiger partial charge in [-0.1, -0.05) is 30.3 Å². The van der Waals surface area contributed by atoms with Crippen molar-refractivity contribution in [3.05, 3.63) is 35.9 Å². The average molecular weight is 286 g/mol. The molecule has 110 valence electrons. The van der Waals surface area contributed by atoms with E-state index in [4.69, 9.17) is 0 Å². The van der Waals surface area contributed by atoms with Gasteiger partial charge in [-0.3, -0.25) is 19.7 Å². The second kappa shape index (κ2) is 4.41. The first kappa shape index (κ1) is 13.8. The summed E-state index contributed by atoms with van der Waals surface area (Å²) in [5, 5.41) is 2.29. The van der Waals surface area contributed by atoms with Gasteiger partial charge in [-0.05, 0) is 32.3 Å². The maximum atomic E-state index is 13.0. The fraction of sp³-hybridized carbons (Fsp3) is 0.438. The average Bonchev–Trinajstić information content (AvgIpc) is 3.25. The van der Waals surface area contributed by atoms with Gasteiger partial charge in [0.2, 0.25) is 11.8 Å². The number of amides is 3. The summed E-state index contributed by atoms with van der Waals surface area (Å²) in [6.07, 6.45) is 1.52. The number of carbonyl (C=O) groups is 3. The fourth-order valence-corrected chi connectivity index (χ4v) is 2.88. The number of nitrogens with one attached hydrogen (secondary N) is 1. The molecule has 21 heavy (non-hydrogen) atoms. The van der Waals surface area contributed by atoms with E-state index in [1.807, 2.05) is 30.3 Å². The Hall–Kier alpha value is -2.17. The number of imide groups is 1. The maximum absolute atomic E-state index is 13.0. The van der Waals surface area contributed by atoms with Crippen molar-refractivity contribution in [1.29, 1.82) is 0 Å². The Morgan fingerprint density at radius 1 is 1.14 bits per heavy atom. The van der Waals surface area contributed by atoms with E-state index < -0.39 is 22.8 Å². The highest BCUT2D eigenvalue weighted by molar-refractivity contribution is 6.08. The summed E-state index contributed by atoms with van der Waals surface area (Å²) >= 11 is 0. The van der Waals surface area contributed by atoms with E-state index in [2.05, 4.69) is 5.32 Å². The van der Waals surface area contributed by atoms with Crippen molar-refractivity contribution in [2.24, 2.45) is 0 Å². The normalized spacial score (nSPS) is 22.7. The lowest BCUT2D eigenvalue weighted by atomic mass is 9.90. The summed E-state index contributed by atoms with van der Waals surface area (Å²) in [5.41, 5.74) is -0.601. The van der Waals surface area contributed by atoms with Crippen LogP contribution in [-0.4, -0.2) is 34.7 Å². The second-order valence-electron chi connectivity index (χ2n) is 6.28. The molecule has 1 saturated heterocycles. The fourth-order valence-electron chi connectivity index (χ4n) is 2.88. The van der Waals surface area contributed by atoms with Gasteiger partial charge in [-0.2, -0.15) is 0 Å². The summed E-state index contributed by atoms with van der Waals surface area (Å²) in [6.45, 7) is 3.29. The molecule has 1 heterocycles. The molecule has 1 aliphatic carbocycles. The van der Waals surface area contributed by atoms with Gasteiger partial charge in [-0.15, -0.1) is 0 Å². The van der Waals surface area contributed by atoms with Crippen LogP contribution in [0.3, 0.4) is 0 Å². The molecule has 3 rings (SSSR count). The lowest BCUT2D eigenvalue weighted by molar-refractivity contribution is -0.156. The van der Waals surface area contributed by atoms with Crippen LogP contribution >= 0.6 is 0 Å². The summed E-state index contributed by atoms with van der Waals surface area (Å²) in [4.78, 5) is 38.0. The molecule has 1 saturated carbocycles. The topological polar surface area (TPSA) is 66.5 Å². The summed E-state index contributed by atoms with van der Waals surface area (Å²) in [7, 11) is 0. The van der Waals surface area contributed by atoms with Gasteiger partial charge >= 0.3 is 0 Å². The van der Waals surface area contributed by atoms with Crippen LogP contribution in [-0.2, 0) is 19.8 Å². The van der Waals surface area contributed by atoms with E-state index in [9.17, 15) is 14.4 Å².